The van der Waals surface area contributed by atoms with E-state index in [0.717, 1.165) is 35.6 Å². The van der Waals surface area contributed by atoms with Crippen LogP contribution in [0.15, 0.2) is 54.7 Å². The molecule has 2 aromatic carbocycles. The lowest BCUT2D eigenvalue weighted by atomic mass is 10.1. The molecule has 6 nitrogen and oxygen atoms in total. The summed E-state index contributed by atoms with van der Waals surface area (Å²) < 4.78 is 1.74. The number of carbonyl (C=O) groups excluding carboxylic acids is 1. The summed E-state index contributed by atoms with van der Waals surface area (Å²) in [4.78, 5) is 14.9. The molecule has 138 valence electrons. The second-order valence-electron chi connectivity index (χ2n) is 7.10. The van der Waals surface area contributed by atoms with Gasteiger partial charge in [0.1, 0.15) is 5.69 Å². The molecule has 1 aromatic heterocycles. The van der Waals surface area contributed by atoms with Gasteiger partial charge in [0.25, 0.3) is 5.91 Å². The van der Waals surface area contributed by atoms with Gasteiger partial charge < -0.3 is 5.32 Å². The molecule has 0 bridgehead atoms. The first-order valence-corrected chi connectivity index (χ1v) is 9.21. The van der Waals surface area contributed by atoms with E-state index in [1.54, 1.807) is 10.7 Å². The number of nitrogens with one attached hydrogen (secondary N) is 1. The lowest BCUT2D eigenvalue weighted by molar-refractivity contribution is 0.102. The largest absolute Gasteiger partial charge is 0.322 e. The van der Waals surface area contributed by atoms with Crippen molar-refractivity contribution in [3.8, 4) is 5.69 Å². The molecule has 6 heteroatoms. The number of benzene rings is 2. The van der Waals surface area contributed by atoms with Crippen molar-refractivity contribution >= 4 is 11.6 Å². The van der Waals surface area contributed by atoms with Gasteiger partial charge >= 0.3 is 0 Å². The Balaban J connectivity index is 1.54. The second-order valence-corrected chi connectivity index (χ2v) is 7.10. The molecule has 1 fully saturated rings. The summed E-state index contributed by atoms with van der Waals surface area (Å²) in [6.07, 6.45) is 4.25. The van der Waals surface area contributed by atoms with Gasteiger partial charge in [0.05, 0.1) is 17.9 Å². The fourth-order valence-corrected chi connectivity index (χ4v) is 3.56. The molecule has 1 N–H and O–H groups in total. The zero-order chi connectivity index (χ0) is 18.8. The topological polar surface area (TPSA) is 63.1 Å². The maximum absolute atomic E-state index is 12.6. The van der Waals surface area contributed by atoms with Crippen LogP contribution in [0.2, 0.25) is 0 Å². The van der Waals surface area contributed by atoms with Crippen molar-refractivity contribution in [2.24, 2.45) is 0 Å². The number of amides is 1. The van der Waals surface area contributed by atoms with Crippen molar-refractivity contribution in [3.63, 3.8) is 0 Å². The van der Waals surface area contributed by atoms with E-state index in [9.17, 15) is 4.79 Å². The molecule has 3 aromatic rings. The number of nitrogens with zero attached hydrogens (tertiary/aromatic N) is 4. The van der Waals surface area contributed by atoms with E-state index in [1.165, 1.54) is 6.42 Å². The van der Waals surface area contributed by atoms with Gasteiger partial charge in [-0.1, -0.05) is 23.4 Å². The van der Waals surface area contributed by atoms with Gasteiger partial charge in [0, 0.05) is 11.3 Å². The van der Waals surface area contributed by atoms with E-state index in [4.69, 9.17) is 0 Å². The number of rotatable bonds is 4. The third-order valence-electron chi connectivity index (χ3n) is 5.02. The summed E-state index contributed by atoms with van der Waals surface area (Å²) >= 11 is 0. The lowest BCUT2D eigenvalue weighted by Crippen LogP contribution is -2.17. The highest BCUT2D eigenvalue weighted by Gasteiger charge is 2.25. The number of aryl methyl sites for hydroxylation is 1. The zero-order valence-electron chi connectivity index (χ0n) is 15.6. The summed E-state index contributed by atoms with van der Waals surface area (Å²) in [6.45, 7) is 3.09. The number of anilines is 1. The fraction of sp³-hybridized carbons (Fsp3) is 0.286. The molecular formula is C21H23N5O. The standard InChI is InChI=1S/C21H23N5O/c1-15-6-3-8-17(12-15)22-21(27)16-7-4-9-18(13-16)26-14-19(23-24-26)20-10-5-11-25(20)2/h3-4,6-9,12-14,20H,5,10-11H2,1-2H3,(H,22,27). The molecule has 0 spiro atoms. The summed E-state index contributed by atoms with van der Waals surface area (Å²) in [5.74, 6) is -0.140. The third kappa shape index (κ3) is 3.75. The van der Waals surface area contributed by atoms with Crippen molar-refractivity contribution < 1.29 is 4.79 Å². The van der Waals surface area contributed by atoms with E-state index < -0.39 is 0 Å². The molecule has 27 heavy (non-hydrogen) atoms. The maximum atomic E-state index is 12.6. The molecule has 1 unspecified atom stereocenters. The average molecular weight is 361 g/mol. The Kier molecular flexibility index (Phi) is 4.73. The molecule has 0 aliphatic carbocycles. The van der Waals surface area contributed by atoms with E-state index in [0.29, 0.717) is 11.6 Å². The summed E-state index contributed by atoms with van der Waals surface area (Å²) in [5.41, 5.74) is 4.28. The van der Waals surface area contributed by atoms with E-state index in [1.807, 2.05) is 55.6 Å². The van der Waals surface area contributed by atoms with Crippen molar-refractivity contribution in [1.29, 1.82) is 0 Å². The minimum atomic E-state index is -0.140. The molecule has 1 aliphatic heterocycles. The Bertz CT molecular complexity index is 964. The average Bonchev–Trinajstić information content (AvgIpc) is 3.30. The molecule has 2 heterocycles. The smallest absolute Gasteiger partial charge is 0.255 e. The molecule has 0 saturated carbocycles. The first-order valence-electron chi connectivity index (χ1n) is 9.21. The summed E-state index contributed by atoms with van der Waals surface area (Å²) in [7, 11) is 2.12. The highest BCUT2D eigenvalue weighted by atomic mass is 16.1. The minimum absolute atomic E-state index is 0.140. The van der Waals surface area contributed by atoms with Crippen LogP contribution in [0, 0.1) is 6.92 Å². The highest BCUT2D eigenvalue weighted by molar-refractivity contribution is 6.04. The van der Waals surface area contributed by atoms with E-state index in [2.05, 4.69) is 27.6 Å². The predicted octanol–water partition coefficient (Wildman–Crippen LogP) is 3.59. The Morgan fingerprint density at radius 1 is 1.19 bits per heavy atom. The van der Waals surface area contributed by atoms with Crippen molar-refractivity contribution in [1.82, 2.24) is 19.9 Å². The van der Waals surface area contributed by atoms with Crippen molar-refractivity contribution in [2.45, 2.75) is 25.8 Å². The van der Waals surface area contributed by atoms with Gasteiger partial charge in [0.2, 0.25) is 0 Å². The van der Waals surface area contributed by atoms with Crippen molar-refractivity contribution in [2.75, 3.05) is 18.9 Å². The Labute approximate surface area is 158 Å². The highest BCUT2D eigenvalue weighted by Crippen LogP contribution is 2.29. The monoisotopic (exact) mass is 361 g/mol. The van der Waals surface area contributed by atoms with Gasteiger partial charge in [-0.25, -0.2) is 4.68 Å². The SMILES string of the molecule is Cc1cccc(NC(=O)c2cccc(-n3cc(C4CCCN4C)nn3)c2)c1. The number of carbonyl (C=O) groups is 1. The van der Waals surface area contributed by atoms with Gasteiger partial charge in [0.15, 0.2) is 0 Å². The Morgan fingerprint density at radius 2 is 2.04 bits per heavy atom. The first kappa shape index (κ1) is 17.4. The van der Waals surface area contributed by atoms with Crippen molar-refractivity contribution in [3.05, 3.63) is 71.5 Å². The van der Waals surface area contributed by atoms with Crippen LogP contribution in [0.5, 0.6) is 0 Å². The molecule has 0 radical (unpaired) electrons. The number of hydrogen-bond donors (Lipinski definition) is 1. The minimum Gasteiger partial charge on any atom is -0.322 e. The molecular weight excluding hydrogens is 338 g/mol. The predicted molar refractivity (Wildman–Crippen MR) is 105 cm³/mol. The van der Waals surface area contributed by atoms with Crippen LogP contribution >= 0.6 is 0 Å². The summed E-state index contributed by atoms with van der Waals surface area (Å²) in [5, 5.41) is 11.6. The van der Waals surface area contributed by atoms with Crippen LogP contribution in [0.3, 0.4) is 0 Å². The van der Waals surface area contributed by atoms with Crippen LogP contribution in [0.1, 0.15) is 40.5 Å². The van der Waals surface area contributed by atoms with Gasteiger partial charge in [-0.15, -0.1) is 5.10 Å². The number of aromatic nitrogens is 3. The maximum Gasteiger partial charge on any atom is 0.255 e. The Hall–Kier alpha value is -2.99. The Morgan fingerprint density at radius 3 is 2.81 bits per heavy atom. The van der Waals surface area contributed by atoms with Crippen LogP contribution in [-0.4, -0.2) is 39.4 Å². The molecule has 1 atom stereocenters. The van der Waals surface area contributed by atoms with Crippen LogP contribution < -0.4 is 5.32 Å². The molecule has 4 rings (SSSR count). The quantitative estimate of drug-likeness (QED) is 0.771. The van der Waals surface area contributed by atoms with E-state index >= 15 is 0 Å². The number of likely N-dealkylation sites (tertiary alicyclic amines) is 1. The normalized spacial score (nSPS) is 17.2. The molecule has 1 aliphatic rings. The van der Waals surface area contributed by atoms with Gasteiger partial charge in [-0.2, -0.15) is 0 Å². The number of hydrogen-bond acceptors (Lipinski definition) is 4. The van der Waals surface area contributed by atoms with Gasteiger partial charge in [-0.3, -0.25) is 9.69 Å². The van der Waals surface area contributed by atoms with Gasteiger partial charge in [-0.05, 0) is 69.3 Å². The fourth-order valence-electron chi connectivity index (χ4n) is 3.56. The summed E-state index contributed by atoms with van der Waals surface area (Å²) in [6, 6.07) is 15.5. The first-order chi connectivity index (χ1) is 13.1. The zero-order valence-corrected chi connectivity index (χ0v) is 15.6. The third-order valence-corrected chi connectivity index (χ3v) is 5.02. The van der Waals surface area contributed by atoms with Crippen LogP contribution in [0.25, 0.3) is 5.69 Å². The lowest BCUT2D eigenvalue weighted by Gasteiger charge is -2.15. The van der Waals surface area contributed by atoms with E-state index in [-0.39, 0.29) is 5.91 Å². The van der Waals surface area contributed by atoms with Crippen LogP contribution in [-0.2, 0) is 0 Å². The second kappa shape index (κ2) is 7.32. The molecule has 1 saturated heterocycles. The molecule has 1 amide bonds. The van der Waals surface area contributed by atoms with Crippen LogP contribution in [0.4, 0.5) is 5.69 Å².